The predicted molar refractivity (Wildman–Crippen MR) is 56.6 cm³/mol. The van der Waals surface area contributed by atoms with Gasteiger partial charge in [0, 0.05) is 5.02 Å². The maximum Gasteiger partial charge on any atom is 0.338 e. The molecule has 0 aliphatic rings. The summed E-state index contributed by atoms with van der Waals surface area (Å²) in [4.78, 5) is 11.4. The van der Waals surface area contributed by atoms with Gasteiger partial charge in [0.2, 0.25) is 0 Å². The highest BCUT2D eigenvalue weighted by Crippen LogP contribution is 2.11. The Morgan fingerprint density at radius 1 is 1.50 bits per heavy atom. The lowest BCUT2D eigenvalue weighted by Gasteiger charge is -2.03. The Morgan fingerprint density at radius 3 is 2.93 bits per heavy atom. The van der Waals surface area contributed by atoms with Crippen molar-refractivity contribution in [2.75, 3.05) is 6.61 Å². The molecule has 0 radical (unpaired) electrons. The fourth-order valence-electron chi connectivity index (χ4n) is 1.01. The molecule has 14 heavy (non-hydrogen) atoms. The summed E-state index contributed by atoms with van der Waals surface area (Å²) in [6, 6.07) is 6.76. The lowest BCUT2D eigenvalue weighted by Crippen LogP contribution is -2.05. The maximum atomic E-state index is 11.4. The molecule has 3 heteroatoms. The number of benzene rings is 1. The van der Waals surface area contributed by atoms with E-state index in [-0.39, 0.29) is 5.97 Å². The van der Waals surface area contributed by atoms with Crippen LogP contribution in [0.2, 0.25) is 5.02 Å². The molecule has 0 aliphatic heterocycles. The minimum absolute atomic E-state index is 0.305. The summed E-state index contributed by atoms with van der Waals surface area (Å²) in [5.74, 6) is -0.305. The van der Waals surface area contributed by atoms with Crippen LogP contribution >= 0.6 is 11.6 Å². The van der Waals surface area contributed by atoms with Gasteiger partial charge in [-0.1, -0.05) is 31.0 Å². The second kappa shape index (κ2) is 5.66. The molecule has 0 unspecified atom stereocenters. The second-order valence-corrected chi connectivity index (χ2v) is 3.44. The van der Waals surface area contributed by atoms with Crippen LogP contribution in [0.15, 0.2) is 24.3 Å². The van der Waals surface area contributed by atoms with E-state index in [0.717, 1.165) is 12.8 Å². The van der Waals surface area contributed by atoms with Crippen LogP contribution in [0.3, 0.4) is 0 Å². The van der Waals surface area contributed by atoms with Crippen molar-refractivity contribution in [3.63, 3.8) is 0 Å². The zero-order valence-corrected chi connectivity index (χ0v) is 8.88. The molecule has 2 nitrogen and oxygen atoms in total. The lowest BCUT2D eigenvalue weighted by molar-refractivity contribution is 0.0500. The molecular weight excluding hydrogens is 200 g/mol. The van der Waals surface area contributed by atoms with Crippen LogP contribution in [0.4, 0.5) is 0 Å². The Labute approximate surface area is 88.8 Å². The molecule has 0 heterocycles. The molecule has 1 rings (SSSR count). The van der Waals surface area contributed by atoms with Crippen molar-refractivity contribution < 1.29 is 9.53 Å². The minimum atomic E-state index is -0.305. The minimum Gasteiger partial charge on any atom is -0.462 e. The number of rotatable bonds is 4. The monoisotopic (exact) mass is 212 g/mol. The summed E-state index contributed by atoms with van der Waals surface area (Å²) in [7, 11) is 0. The average molecular weight is 213 g/mol. The molecule has 76 valence electrons. The number of unbranched alkanes of at least 4 members (excludes halogenated alkanes) is 1. The second-order valence-electron chi connectivity index (χ2n) is 3.00. The largest absolute Gasteiger partial charge is 0.462 e. The van der Waals surface area contributed by atoms with Crippen molar-refractivity contribution in [1.82, 2.24) is 0 Å². The summed E-state index contributed by atoms with van der Waals surface area (Å²) < 4.78 is 5.03. The molecule has 0 spiro atoms. The highest BCUT2D eigenvalue weighted by atomic mass is 35.5. The third-order valence-corrected chi connectivity index (χ3v) is 2.03. The molecule has 0 aromatic heterocycles. The molecule has 1 aromatic rings. The first-order valence-electron chi connectivity index (χ1n) is 4.66. The van der Waals surface area contributed by atoms with Crippen LogP contribution in [-0.4, -0.2) is 12.6 Å². The fraction of sp³-hybridized carbons (Fsp3) is 0.364. The van der Waals surface area contributed by atoms with Crippen molar-refractivity contribution in [3.05, 3.63) is 34.9 Å². The van der Waals surface area contributed by atoms with E-state index >= 15 is 0 Å². The van der Waals surface area contributed by atoms with Gasteiger partial charge >= 0.3 is 5.97 Å². The van der Waals surface area contributed by atoms with E-state index < -0.39 is 0 Å². The zero-order chi connectivity index (χ0) is 10.4. The zero-order valence-electron chi connectivity index (χ0n) is 8.13. The van der Waals surface area contributed by atoms with Gasteiger partial charge in [0.05, 0.1) is 12.2 Å². The van der Waals surface area contributed by atoms with Gasteiger partial charge in [-0.15, -0.1) is 0 Å². The van der Waals surface area contributed by atoms with Crippen LogP contribution < -0.4 is 0 Å². The number of carbonyl (C=O) groups excluding carboxylic acids is 1. The summed E-state index contributed by atoms with van der Waals surface area (Å²) in [5, 5.41) is 0.551. The molecule has 0 atom stereocenters. The summed E-state index contributed by atoms with van der Waals surface area (Å²) in [6.07, 6.45) is 1.91. The van der Waals surface area contributed by atoms with Gasteiger partial charge in [-0.25, -0.2) is 4.79 Å². The number of esters is 1. The molecule has 1 aromatic carbocycles. The van der Waals surface area contributed by atoms with Crippen LogP contribution in [0, 0.1) is 0 Å². The molecule has 0 amide bonds. The van der Waals surface area contributed by atoms with Gasteiger partial charge in [-0.2, -0.15) is 0 Å². The van der Waals surface area contributed by atoms with Crippen LogP contribution in [0.25, 0.3) is 0 Å². The number of carbonyl (C=O) groups is 1. The van der Waals surface area contributed by atoms with Gasteiger partial charge in [-0.05, 0) is 24.6 Å². The van der Waals surface area contributed by atoms with Crippen molar-refractivity contribution in [3.8, 4) is 0 Å². The van der Waals surface area contributed by atoms with Crippen molar-refractivity contribution in [1.29, 1.82) is 0 Å². The first-order chi connectivity index (χ1) is 6.74. The summed E-state index contributed by atoms with van der Waals surface area (Å²) >= 11 is 5.74. The number of ether oxygens (including phenoxy) is 1. The average Bonchev–Trinajstić information content (AvgIpc) is 2.18. The number of halogens is 1. The van der Waals surface area contributed by atoms with E-state index in [2.05, 4.69) is 0 Å². The van der Waals surface area contributed by atoms with Gasteiger partial charge in [-0.3, -0.25) is 0 Å². The quantitative estimate of drug-likeness (QED) is 0.566. The first kappa shape index (κ1) is 11.1. The molecule has 0 fully saturated rings. The van der Waals surface area contributed by atoms with Crippen molar-refractivity contribution >= 4 is 17.6 Å². The Morgan fingerprint density at radius 2 is 2.29 bits per heavy atom. The highest BCUT2D eigenvalue weighted by Gasteiger charge is 2.06. The van der Waals surface area contributed by atoms with E-state index in [9.17, 15) is 4.79 Å². The van der Waals surface area contributed by atoms with Gasteiger partial charge in [0.15, 0.2) is 0 Å². The number of hydrogen-bond donors (Lipinski definition) is 0. The highest BCUT2D eigenvalue weighted by molar-refractivity contribution is 6.30. The molecular formula is C11H13ClO2. The van der Waals surface area contributed by atoms with Crippen LogP contribution in [0.1, 0.15) is 30.1 Å². The normalized spacial score (nSPS) is 9.86. The van der Waals surface area contributed by atoms with Crippen LogP contribution in [-0.2, 0) is 4.74 Å². The Balaban J connectivity index is 2.52. The third-order valence-electron chi connectivity index (χ3n) is 1.79. The molecule has 0 bridgehead atoms. The Kier molecular flexibility index (Phi) is 4.47. The Bertz CT molecular complexity index is 310. The molecule has 0 saturated carbocycles. The van der Waals surface area contributed by atoms with Gasteiger partial charge < -0.3 is 4.74 Å². The van der Waals surface area contributed by atoms with E-state index in [1.807, 2.05) is 6.92 Å². The third kappa shape index (κ3) is 3.38. The van der Waals surface area contributed by atoms with Crippen molar-refractivity contribution in [2.24, 2.45) is 0 Å². The molecule has 0 saturated heterocycles. The van der Waals surface area contributed by atoms with E-state index in [1.165, 1.54) is 0 Å². The fourth-order valence-corrected chi connectivity index (χ4v) is 1.20. The SMILES string of the molecule is CCCCOC(=O)c1cccc(Cl)c1. The molecule has 0 N–H and O–H groups in total. The smallest absolute Gasteiger partial charge is 0.338 e. The van der Waals surface area contributed by atoms with Gasteiger partial charge in [0.25, 0.3) is 0 Å². The maximum absolute atomic E-state index is 11.4. The van der Waals surface area contributed by atoms with Crippen LogP contribution in [0.5, 0.6) is 0 Å². The van der Waals surface area contributed by atoms with E-state index in [0.29, 0.717) is 17.2 Å². The standard InChI is InChI=1S/C11H13ClO2/c1-2-3-7-14-11(13)9-5-4-6-10(12)8-9/h4-6,8H,2-3,7H2,1H3. The van der Waals surface area contributed by atoms with Gasteiger partial charge in [0.1, 0.15) is 0 Å². The summed E-state index contributed by atoms with van der Waals surface area (Å²) in [5.41, 5.74) is 0.508. The summed E-state index contributed by atoms with van der Waals surface area (Å²) in [6.45, 7) is 2.52. The lowest BCUT2D eigenvalue weighted by atomic mass is 10.2. The first-order valence-corrected chi connectivity index (χ1v) is 5.04. The van der Waals surface area contributed by atoms with E-state index in [4.69, 9.17) is 16.3 Å². The molecule has 0 aliphatic carbocycles. The topological polar surface area (TPSA) is 26.3 Å². The Hall–Kier alpha value is -1.02. The predicted octanol–water partition coefficient (Wildman–Crippen LogP) is 3.30. The van der Waals surface area contributed by atoms with E-state index in [1.54, 1.807) is 24.3 Å². The number of hydrogen-bond acceptors (Lipinski definition) is 2. The van der Waals surface area contributed by atoms with Crippen molar-refractivity contribution in [2.45, 2.75) is 19.8 Å².